The van der Waals surface area contributed by atoms with Gasteiger partial charge in [0.15, 0.2) is 17.3 Å². The van der Waals surface area contributed by atoms with Gasteiger partial charge in [-0.3, -0.25) is 4.79 Å². The van der Waals surface area contributed by atoms with Gasteiger partial charge in [0.05, 0.1) is 18.6 Å². The summed E-state index contributed by atoms with van der Waals surface area (Å²) in [5.74, 6) is 9.62. The molecule has 2 aromatic carbocycles. The number of benzene rings is 2. The molecule has 0 bridgehead atoms. The number of aryl methyl sites for hydroxylation is 1. The number of carbonyl (C=O) groups excluding carboxylic acids is 1. The second kappa shape index (κ2) is 9.95. The Morgan fingerprint density at radius 3 is 2.69 bits per heavy atom. The average Bonchev–Trinajstić information content (AvgIpc) is 3.55. The number of nitrogens with zero attached hydrogens (tertiary/aromatic N) is 2. The van der Waals surface area contributed by atoms with Crippen LogP contribution < -0.4 is 9.47 Å². The zero-order chi connectivity index (χ0) is 24.3. The Labute approximate surface area is 206 Å². The third kappa shape index (κ3) is 5.09. The van der Waals surface area contributed by atoms with Crippen molar-refractivity contribution in [1.29, 1.82) is 0 Å². The third-order valence-electron chi connectivity index (χ3n) is 6.95. The molecule has 6 nitrogen and oxygen atoms in total. The Morgan fingerprint density at radius 1 is 1.09 bits per heavy atom. The first-order valence-electron chi connectivity index (χ1n) is 12.4. The zero-order valence-electron chi connectivity index (χ0n) is 20.3. The van der Waals surface area contributed by atoms with E-state index >= 15 is 0 Å². The molecule has 0 saturated heterocycles. The summed E-state index contributed by atoms with van der Waals surface area (Å²) < 4.78 is 17.3. The highest BCUT2D eigenvalue weighted by atomic mass is 16.5. The van der Waals surface area contributed by atoms with Crippen molar-refractivity contribution in [3.8, 4) is 34.8 Å². The van der Waals surface area contributed by atoms with Crippen molar-refractivity contribution in [2.45, 2.75) is 69.8 Å². The lowest BCUT2D eigenvalue weighted by Gasteiger charge is -2.33. The van der Waals surface area contributed by atoms with Gasteiger partial charge in [-0.15, -0.1) is 0 Å². The smallest absolute Gasteiger partial charge is 0.257 e. The number of hydrogen-bond acceptors (Lipinski definition) is 6. The van der Waals surface area contributed by atoms with Crippen LogP contribution in [0.2, 0.25) is 0 Å². The maximum absolute atomic E-state index is 12.6. The summed E-state index contributed by atoms with van der Waals surface area (Å²) in [6.45, 7) is 1.79. The van der Waals surface area contributed by atoms with E-state index in [1.54, 1.807) is 14.0 Å². The molecule has 0 N–H and O–H groups in total. The lowest BCUT2D eigenvalue weighted by atomic mass is 9.69. The lowest BCUT2D eigenvalue weighted by molar-refractivity contribution is -0.121. The lowest BCUT2D eigenvalue weighted by Crippen LogP contribution is -2.32. The molecule has 35 heavy (non-hydrogen) atoms. The van der Waals surface area contributed by atoms with E-state index in [0.29, 0.717) is 30.3 Å². The van der Waals surface area contributed by atoms with Crippen LogP contribution in [0.15, 0.2) is 47.0 Å². The minimum atomic E-state index is -0.563. The third-order valence-corrected chi connectivity index (χ3v) is 6.95. The number of ether oxygens (including phenoxy) is 2. The molecule has 1 aromatic heterocycles. The van der Waals surface area contributed by atoms with E-state index in [2.05, 4.69) is 22.0 Å². The van der Waals surface area contributed by atoms with Gasteiger partial charge < -0.3 is 14.0 Å². The van der Waals surface area contributed by atoms with Crippen LogP contribution in [-0.2, 0) is 10.2 Å². The predicted octanol–water partition coefficient (Wildman–Crippen LogP) is 5.81. The number of methoxy groups -OCH3 is 1. The van der Waals surface area contributed by atoms with E-state index in [4.69, 9.17) is 14.0 Å². The Balaban J connectivity index is 1.51. The van der Waals surface area contributed by atoms with Crippen LogP contribution in [0.5, 0.6) is 11.5 Å². The molecule has 0 radical (unpaired) electrons. The normalized spacial score (nSPS) is 20.3. The van der Waals surface area contributed by atoms with Gasteiger partial charge in [0.25, 0.3) is 5.89 Å². The van der Waals surface area contributed by atoms with Gasteiger partial charge in [-0.25, -0.2) is 0 Å². The van der Waals surface area contributed by atoms with Crippen molar-refractivity contribution >= 4 is 5.78 Å². The standard InChI is InChI=1S/C29H30N2O4/c1-20-30-28(35-31-20)22-8-5-7-21(17-22)14-16-29(15-6-9-24(32)19-29)23-12-13-26(33-2)27(18-23)34-25-10-3-4-11-25/h5,7-8,12-13,17-18,25H,3-4,6,9-11,15,19H2,1-2H3. The van der Waals surface area contributed by atoms with Crippen molar-refractivity contribution in [2.75, 3.05) is 7.11 Å². The zero-order valence-corrected chi connectivity index (χ0v) is 20.3. The summed E-state index contributed by atoms with van der Waals surface area (Å²) in [4.78, 5) is 17.0. The minimum absolute atomic E-state index is 0.213. The van der Waals surface area contributed by atoms with Crippen molar-refractivity contribution in [1.82, 2.24) is 10.1 Å². The maximum Gasteiger partial charge on any atom is 0.257 e. The number of carbonyl (C=O) groups is 1. The van der Waals surface area contributed by atoms with E-state index < -0.39 is 5.41 Å². The van der Waals surface area contributed by atoms with E-state index in [0.717, 1.165) is 48.1 Å². The van der Waals surface area contributed by atoms with Crippen LogP contribution >= 0.6 is 0 Å². The molecule has 2 fully saturated rings. The quantitative estimate of drug-likeness (QED) is 0.438. The van der Waals surface area contributed by atoms with Gasteiger partial charge in [0, 0.05) is 24.0 Å². The largest absolute Gasteiger partial charge is 0.493 e. The van der Waals surface area contributed by atoms with Gasteiger partial charge in [-0.1, -0.05) is 29.1 Å². The monoisotopic (exact) mass is 470 g/mol. The van der Waals surface area contributed by atoms with Crippen LogP contribution in [0.4, 0.5) is 0 Å². The maximum atomic E-state index is 12.6. The van der Waals surface area contributed by atoms with Crippen molar-refractivity contribution in [2.24, 2.45) is 0 Å². The average molecular weight is 471 g/mol. The Kier molecular flexibility index (Phi) is 6.59. The fourth-order valence-electron chi connectivity index (χ4n) is 5.11. The summed E-state index contributed by atoms with van der Waals surface area (Å²) in [6.07, 6.45) is 7.37. The molecule has 2 aliphatic rings. The summed E-state index contributed by atoms with van der Waals surface area (Å²) in [5, 5.41) is 3.88. The Bertz CT molecular complexity index is 1280. The van der Waals surface area contributed by atoms with Gasteiger partial charge in [-0.05, 0) is 81.3 Å². The van der Waals surface area contributed by atoms with Crippen molar-refractivity contribution in [3.05, 3.63) is 59.4 Å². The second-order valence-corrected chi connectivity index (χ2v) is 9.52. The van der Waals surface area contributed by atoms with E-state index in [-0.39, 0.29) is 11.9 Å². The van der Waals surface area contributed by atoms with Gasteiger partial charge in [0.1, 0.15) is 5.78 Å². The van der Waals surface area contributed by atoms with Gasteiger partial charge >= 0.3 is 0 Å². The van der Waals surface area contributed by atoms with Crippen LogP contribution in [0, 0.1) is 18.8 Å². The fourth-order valence-corrected chi connectivity index (χ4v) is 5.11. The molecule has 0 spiro atoms. The minimum Gasteiger partial charge on any atom is -0.493 e. The highest BCUT2D eigenvalue weighted by Crippen LogP contribution is 2.42. The summed E-state index contributed by atoms with van der Waals surface area (Å²) in [6, 6.07) is 13.8. The molecule has 0 amide bonds. The second-order valence-electron chi connectivity index (χ2n) is 9.52. The fraction of sp³-hybridized carbons (Fsp3) is 0.414. The highest BCUT2D eigenvalue weighted by Gasteiger charge is 2.37. The number of rotatable bonds is 5. The molecule has 1 heterocycles. The predicted molar refractivity (Wildman–Crippen MR) is 132 cm³/mol. The van der Waals surface area contributed by atoms with Gasteiger partial charge in [-0.2, -0.15) is 4.98 Å². The topological polar surface area (TPSA) is 74.5 Å². The highest BCUT2D eigenvalue weighted by molar-refractivity contribution is 5.82. The molecule has 0 aliphatic heterocycles. The first kappa shape index (κ1) is 23.2. The Morgan fingerprint density at radius 2 is 1.94 bits per heavy atom. The number of aromatic nitrogens is 2. The van der Waals surface area contributed by atoms with Crippen molar-refractivity contribution in [3.63, 3.8) is 0 Å². The first-order valence-corrected chi connectivity index (χ1v) is 12.4. The first-order chi connectivity index (χ1) is 17.0. The summed E-state index contributed by atoms with van der Waals surface area (Å²) in [7, 11) is 1.66. The Hall–Kier alpha value is -3.59. The van der Waals surface area contributed by atoms with Crippen LogP contribution in [-0.4, -0.2) is 29.1 Å². The number of hydrogen-bond donors (Lipinski definition) is 0. The molecule has 5 rings (SSSR count). The van der Waals surface area contributed by atoms with Crippen LogP contribution in [0.1, 0.15) is 68.3 Å². The molecular formula is C29H30N2O4. The number of Topliss-reactive ketones (excluding diaryl/α,β-unsaturated/α-hetero) is 1. The molecule has 1 atom stereocenters. The molecule has 3 aromatic rings. The molecule has 180 valence electrons. The van der Waals surface area contributed by atoms with E-state index in [1.807, 2.05) is 42.5 Å². The van der Waals surface area contributed by atoms with Gasteiger partial charge in [0.2, 0.25) is 0 Å². The molecule has 6 heteroatoms. The summed E-state index contributed by atoms with van der Waals surface area (Å²) >= 11 is 0. The molecular weight excluding hydrogens is 440 g/mol. The SMILES string of the molecule is COc1ccc(C2(C#Cc3cccc(-c4nc(C)no4)c3)CCCC(=O)C2)cc1OC1CCCC1. The van der Waals surface area contributed by atoms with E-state index in [1.165, 1.54) is 12.8 Å². The molecule has 2 aliphatic carbocycles. The molecule has 2 saturated carbocycles. The van der Waals surface area contributed by atoms with E-state index in [9.17, 15) is 4.79 Å². The van der Waals surface area contributed by atoms with Crippen LogP contribution in [0.3, 0.4) is 0 Å². The van der Waals surface area contributed by atoms with Crippen LogP contribution in [0.25, 0.3) is 11.5 Å². The molecule has 1 unspecified atom stereocenters. The summed E-state index contributed by atoms with van der Waals surface area (Å²) in [5.41, 5.74) is 2.11. The number of ketones is 1. The van der Waals surface area contributed by atoms with Crippen molar-refractivity contribution < 1.29 is 18.8 Å².